The number of halogens is 3. The minimum Gasteiger partial charge on any atom is -0.136 e. The molecule has 1 aromatic rings. The van der Waals surface area contributed by atoms with Crippen LogP contribution in [0.15, 0.2) is 34.5 Å². The van der Waals surface area contributed by atoms with Crippen LogP contribution in [0.3, 0.4) is 0 Å². The molecule has 86 valence electrons. The summed E-state index contributed by atoms with van der Waals surface area (Å²) in [4.78, 5) is 0. The first kappa shape index (κ1) is 13.5. The van der Waals surface area contributed by atoms with Crippen LogP contribution in [0, 0.1) is 0 Å². The molecule has 5 heteroatoms. The highest BCUT2D eigenvalue weighted by Crippen LogP contribution is 2.16. The van der Waals surface area contributed by atoms with Crippen molar-refractivity contribution in [2.45, 2.75) is 19.8 Å². The molecule has 0 radical (unpaired) electrons. The third kappa shape index (κ3) is 4.12. The summed E-state index contributed by atoms with van der Waals surface area (Å²) in [6.07, 6.45) is 0. The van der Waals surface area contributed by atoms with Crippen molar-refractivity contribution < 1.29 is 0 Å². The molecule has 0 aliphatic rings. The minimum absolute atomic E-state index is 0.169. The second kappa shape index (κ2) is 6.24. The highest BCUT2D eigenvalue weighted by Gasteiger charge is 2.02. The van der Waals surface area contributed by atoms with Crippen molar-refractivity contribution in [1.29, 1.82) is 0 Å². The van der Waals surface area contributed by atoms with Crippen LogP contribution in [0.5, 0.6) is 0 Å². The van der Waals surface area contributed by atoms with Crippen molar-refractivity contribution in [2.75, 3.05) is 0 Å². The topological polar surface area (TPSA) is 24.7 Å². The van der Waals surface area contributed by atoms with Gasteiger partial charge in [0.2, 0.25) is 4.63 Å². The Morgan fingerprint density at radius 1 is 1.00 bits per heavy atom. The highest BCUT2D eigenvalue weighted by atomic mass is 35.5. The molecule has 0 N–H and O–H groups in total. The molecule has 0 aromatic heterocycles. The van der Waals surface area contributed by atoms with E-state index in [2.05, 4.69) is 24.1 Å². The van der Waals surface area contributed by atoms with Gasteiger partial charge in [-0.3, -0.25) is 0 Å². The van der Waals surface area contributed by atoms with Crippen LogP contribution in [0.1, 0.15) is 30.9 Å². The van der Waals surface area contributed by atoms with Gasteiger partial charge in [0.1, 0.15) is 0 Å². The van der Waals surface area contributed by atoms with Crippen LogP contribution in [-0.2, 0) is 0 Å². The molecule has 0 unspecified atom stereocenters. The molecule has 0 spiro atoms. The Morgan fingerprint density at radius 3 is 2.00 bits per heavy atom. The summed E-state index contributed by atoms with van der Waals surface area (Å²) < 4.78 is -0.169. The first-order valence-corrected chi connectivity index (χ1v) is 5.86. The van der Waals surface area contributed by atoms with Gasteiger partial charge in [-0.15, -0.1) is 10.2 Å². The summed E-state index contributed by atoms with van der Waals surface area (Å²) in [5.41, 5.74) is 2.02. The Morgan fingerprint density at radius 2 is 1.56 bits per heavy atom. The van der Waals surface area contributed by atoms with Crippen LogP contribution in [0.2, 0.25) is 0 Å². The average molecular weight is 278 g/mol. The Balaban J connectivity index is 2.90. The normalized spacial score (nSPS) is 11.8. The first-order chi connectivity index (χ1) is 7.50. The van der Waals surface area contributed by atoms with Gasteiger partial charge in [-0.1, -0.05) is 49.7 Å². The zero-order chi connectivity index (χ0) is 12.1. The lowest BCUT2D eigenvalue weighted by Crippen LogP contribution is -1.93. The lowest BCUT2D eigenvalue weighted by molar-refractivity contribution is 0.866. The average Bonchev–Trinajstić information content (AvgIpc) is 2.26. The molecule has 0 aliphatic heterocycles. The first-order valence-electron chi connectivity index (χ1n) is 4.73. The van der Waals surface area contributed by atoms with Crippen molar-refractivity contribution in [3.05, 3.63) is 35.4 Å². The number of hydrogen-bond donors (Lipinski definition) is 0. The Labute approximate surface area is 110 Å². The molecule has 0 heterocycles. The summed E-state index contributed by atoms with van der Waals surface area (Å²) in [5, 5.41) is 7.39. The molecule has 0 bridgehead atoms. The van der Waals surface area contributed by atoms with Crippen LogP contribution in [-0.4, -0.2) is 9.80 Å². The van der Waals surface area contributed by atoms with Gasteiger partial charge in [0.25, 0.3) is 0 Å². The van der Waals surface area contributed by atoms with E-state index in [4.69, 9.17) is 34.8 Å². The lowest BCUT2D eigenvalue weighted by Gasteiger charge is -2.05. The predicted molar refractivity (Wildman–Crippen MR) is 72.1 cm³/mol. The van der Waals surface area contributed by atoms with Crippen molar-refractivity contribution in [3.63, 3.8) is 0 Å². The minimum atomic E-state index is -0.169. The monoisotopic (exact) mass is 276 g/mol. The third-order valence-electron chi connectivity index (χ3n) is 2.03. The molecule has 0 saturated carbocycles. The molecular formula is C11H11Cl3N2. The van der Waals surface area contributed by atoms with Crippen LogP contribution in [0.4, 0.5) is 0 Å². The van der Waals surface area contributed by atoms with E-state index in [0.29, 0.717) is 5.92 Å². The maximum absolute atomic E-state index is 5.91. The molecule has 0 saturated heterocycles. The zero-order valence-electron chi connectivity index (χ0n) is 8.92. The second-order valence-corrected chi connectivity index (χ2v) is 4.78. The van der Waals surface area contributed by atoms with Gasteiger partial charge in [0.05, 0.1) is 0 Å². The number of benzene rings is 1. The maximum Gasteiger partial charge on any atom is 0.218 e. The third-order valence-corrected chi connectivity index (χ3v) is 2.47. The van der Waals surface area contributed by atoms with Crippen molar-refractivity contribution >= 4 is 44.6 Å². The summed E-state index contributed by atoms with van der Waals surface area (Å²) >= 11 is 16.6. The predicted octanol–water partition coefficient (Wildman–Crippen LogP) is 4.54. The van der Waals surface area contributed by atoms with Gasteiger partial charge in [-0.25, -0.2) is 0 Å². The highest BCUT2D eigenvalue weighted by molar-refractivity contribution is 6.95. The van der Waals surface area contributed by atoms with Gasteiger partial charge in [-0.2, -0.15) is 0 Å². The Bertz CT molecular complexity index is 404. The fourth-order valence-corrected chi connectivity index (χ4v) is 1.38. The molecule has 0 amide bonds. The van der Waals surface area contributed by atoms with E-state index in [-0.39, 0.29) is 9.80 Å². The Hall–Kier alpha value is -0.570. The summed E-state index contributed by atoms with van der Waals surface area (Å²) in [6, 6.07) is 7.78. The van der Waals surface area contributed by atoms with Crippen LogP contribution in [0.25, 0.3) is 0 Å². The zero-order valence-corrected chi connectivity index (χ0v) is 11.2. The van der Waals surface area contributed by atoms with Gasteiger partial charge < -0.3 is 0 Å². The van der Waals surface area contributed by atoms with Gasteiger partial charge in [0, 0.05) is 5.56 Å². The van der Waals surface area contributed by atoms with Crippen molar-refractivity contribution in [2.24, 2.45) is 10.2 Å². The van der Waals surface area contributed by atoms with E-state index in [1.165, 1.54) is 5.56 Å². The molecule has 1 aromatic carbocycles. The Kier molecular flexibility index (Phi) is 5.26. The molecule has 0 atom stereocenters. The fourth-order valence-electron chi connectivity index (χ4n) is 1.14. The van der Waals surface area contributed by atoms with Gasteiger partial charge in [-0.05, 0) is 34.7 Å². The van der Waals surface area contributed by atoms with Crippen LogP contribution < -0.4 is 0 Å². The van der Waals surface area contributed by atoms with Crippen molar-refractivity contribution in [3.8, 4) is 0 Å². The molecule has 0 aliphatic carbocycles. The van der Waals surface area contributed by atoms with E-state index in [0.717, 1.165) is 5.56 Å². The summed E-state index contributed by atoms with van der Waals surface area (Å²) in [7, 11) is 0. The second-order valence-electron chi connectivity index (χ2n) is 3.51. The number of rotatable bonds is 3. The number of nitrogens with zero attached hydrogens (tertiary/aromatic N) is 2. The number of hydrogen-bond acceptors (Lipinski definition) is 2. The quantitative estimate of drug-likeness (QED) is 0.572. The van der Waals surface area contributed by atoms with E-state index in [1.807, 2.05) is 24.3 Å². The summed E-state index contributed by atoms with van der Waals surface area (Å²) in [5.74, 6) is 0.486. The SMILES string of the molecule is CC(C)c1ccc(C(Cl)=NN=C(Cl)Cl)cc1. The van der Waals surface area contributed by atoms with E-state index >= 15 is 0 Å². The summed E-state index contributed by atoms with van der Waals surface area (Å²) in [6.45, 7) is 4.25. The lowest BCUT2D eigenvalue weighted by atomic mass is 10.0. The van der Waals surface area contributed by atoms with E-state index in [1.54, 1.807) is 0 Å². The largest absolute Gasteiger partial charge is 0.218 e. The molecule has 1 rings (SSSR count). The van der Waals surface area contributed by atoms with E-state index < -0.39 is 0 Å². The van der Waals surface area contributed by atoms with Crippen molar-refractivity contribution in [1.82, 2.24) is 0 Å². The van der Waals surface area contributed by atoms with Crippen LogP contribution >= 0.6 is 34.8 Å². The molecular weight excluding hydrogens is 266 g/mol. The molecule has 0 fully saturated rings. The van der Waals surface area contributed by atoms with E-state index in [9.17, 15) is 0 Å². The van der Waals surface area contributed by atoms with Gasteiger partial charge >= 0.3 is 0 Å². The maximum atomic E-state index is 5.91. The fraction of sp³-hybridized carbons (Fsp3) is 0.273. The standard InChI is InChI=1S/C11H11Cl3N2/c1-7(2)8-3-5-9(6-4-8)10(12)15-16-11(13)14/h3-7H,1-2H3. The molecule has 16 heavy (non-hydrogen) atoms. The smallest absolute Gasteiger partial charge is 0.136 e. The van der Waals surface area contributed by atoms with Gasteiger partial charge in [0.15, 0.2) is 5.17 Å². The molecule has 2 nitrogen and oxygen atoms in total.